The minimum absolute atomic E-state index is 0.259. The van der Waals surface area contributed by atoms with Gasteiger partial charge in [-0.1, -0.05) is 11.6 Å². The summed E-state index contributed by atoms with van der Waals surface area (Å²) in [7, 11) is 0. The van der Waals surface area contributed by atoms with Gasteiger partial charge in [0.2, 0.25) is 0 Å². The normalized spacial score (nSPS) is 14.5. The summed E-state index contributed by atoms with van der Waals surface area (Å²) >= 11 is 5.91. The number of hydrogen-bond acceptors (Lipinski definition) is 3. The van der Waals surface area contributed by atoms with Gasteiger partial charge in [-0.3, -0.25) is 0 Å². The van der Waals surface area contributed by atoms with Crippen LogP contribution in [0.15, 0.2) is 34.9 Å². The lowest BCUT2D eigenvalue weighted by atomic mass is 10.2. The lowest BCUT2D eigenvalue weighted by molar-refractivity contribution is 0.268. The molecule has 5 heteroatoms. The van der Waals surface area contributed by atoms with Gasteiger partial charge < -0.3 is 14.5 Å². The first kappa shape index (κ1) is 13.5. The summed E-state index contributed by atoms with van der Waals surface area (Å²) < 4.78 is 23.9. The molecule has 1 aromatic heterocycles. The maximum Gasteiger partial charge on any atom is 0.146 e. The van der Waals surface area contributed by atoms with Gasteiger partial charge in [-0.05, 0) is 37.1 Å². The van der Waals surface area contributed by atoms with Crippen LogP contribution in [-0.4, -0.2) is 6.04 Å². The van der Waals surface area contributed by atoms with E-state index in [1.807, 2.05) is 6.07 Å². The van der Waals surface area contributed by atoms with Crippen molar-refractivity contribution in [3.05, 3.63) is 52.7 Å². The fourth-order valence-electron chi connectivity index (χ4n) is 1.93. The number of ether oxygens (including phenoxy) is 1. The Labute approximate surface area is 121 Å². The second kappa shape index (κ2) is 5.85. The molecule has 0 spiro atoms. The van der Waals surface area contributed by atoms with E-state index in [-0.39, 0.29) is 17.4 Å². The van der Waals surface area contributed by atoms with E-state index in [2.05, 4.69) is 5.32 Å². The van der Waals surface area contributed by atoms with Crippen LogP contribution in [-0.2, 0) is 13.2 Å². The van der Waals surface area contributed by atoms with E-state index in [0.29, 0.717) is 11.8 Å². The highest BCUT2D eigenvalue weighted by Crippen LogP contribution is 2.26. The molecule has 1 fully saturated rings. The standard InChI is InChI=1S/C15H15ClFNO2/c16-13-7-11(17)1-4-14(13)20-9-15-10(5-6-19-15)8-18-12-2-3-12/h1,4-7,12,18H,2-3,8-9H2. The molecule has 1 aromatic carbocycles. The van der Waals surface area contributed by atoms with Crippen LogP contribution in [0, 0.1) is 5.82 Å². The summed E-state index contributed by atoms with van der Waals surface area (Å²) in [4.78, 5) is 0. The molecule has 106 valence electrons. The van der Waals surface area contributed by atoms with Crippen molar-refractivity contribution >= 4 is 11.6 Å². The predicted molar refractivity (Wildman–Crippen MR) is 74.3 cm³/mol. The maximum absolute atomic E-state index is 12.9. The van der Waals surface area contributed by atoms with Gasteiger partial charge in [0.1, 0.15) is 23.9 Å². The van der Waals surface area contributed by atoms with Crippen molar-refractivity contribution in [1.29, 1.82) is 0 Å². The first-order valence-electron chi connectivity index (χ1n) is 6.59. The van der Waals surface area contributed by atoms with Crippen LogP contribution in [0.3, 0.4) is 0 Å². The third kappa shape index (κ3) is 3.32. The zero-order valence-corrected chi connectivity index (χ0v) is 11.6. The highest BCUT2D eigenvalue weighted by Gasteiger charge is 2.21. The van der Waals surface area contributed by atoms with Crippen molar-refractivity contribution in [2.24, 2.45) is 0 Å². The highest BCUT2D eigenvalue weighted by molar-refractivity contribution is 6.32. The maximum atomic E-state index is 12.9. The van der Waals surface area contributed by atoms with Crippen molar-refractivity contribution in [2.45, 2.75) is 32.0 Å². The number of nitrogens with one attached hydrogen (secondary N) is 1. The van der Waals surface area contributed by atoms with E-state index in [9.17, 15) is 4.39 Å². The van der Waals surface area contributed by atoms with E-state index in [4.69, 9.17) is 20.8 Å². The summed E-state index contributed by atoms with van der Waals surface area (Å²) in [6, 6.07) is 6.64. The fraction of sp³-hybridized carbons (Fsp3) is 0.333. The molecule has 0 atom stereocenters. The van der Waals surface area contributed by atoms with Crippen molar-refractivity contribution in [2.75, 3.05) is 0 Å². The van der Waals surface area contributed by atoms with Gasteiger partial charge >= 0.3 is 0 Å². The molecule has 0 saturated heterocycles. The Morgan fingerprint density at radius 3 is 2.95 bits per heavy atom. The molecule has 20 heavy (non-hydrogen) atoms. The Kier molecular flexibility index (Phi) is 3.94. The molecule has 1 aliphatic carbocycles. The fourth-order valence-corrected chi connectivity index (χ4v) is 2.15. The quantitative estimate of drug-likeness (QED) is 0.877. The summed E-state index contributed by atoms with van der Waals surface area (Å²) in [6.45, 7) is 1.05. The van der Waals surface area contributed by atoms with Crippen molar-refractivity contribution in [3.63, 3.8) is 0 Å². The van der Waals surface area contributed by atoms with Crippen LogP contribution in [0.1, 0.15) is 24.2 Å². The summed E-state index contributed by atoms with van der Waals surface area (Å²) in [5.41, 5.74) is 1.08. The predicted octanol–water partition coefficient (Wildman–Crippen LogP) is 3.90. The minimum Gasteiger partial charge on any atom is -0.484 e. The third-order valence-electron chi connectivity index (χ3n) is 3.25. The van der Waals surface area contributed by atoms with Gasteiger partial charge in [-0.2, -0.15) is 0 Å². The van der Waals surface area contributed by atoms with Crippen LogP contribution in [0.4, 0.5) is 4.39 Å². The zero-order chi connectivity index (χ0) is 13.9. The molecule has 0 aliphatic heterocycles. The molecule has 1 N–H and O–H groups in total. The Balaban J connectivity index is 1.61. The van der Waals surface area contributed by atoms with Crippen molar-refractivity contribution in [1.82, 2.24) is 5.32 Å². The molecule has 1 heterocycles. The first-order chi connectivity index (χ1) is 9.72. The van der Waals surface area contributed by atoms with Crippen LogP contribution in [0.5, 0.6) is 5.75 Å². The van der Waals surface area contributed by atoms with Crippen LogP contribution < -0.4 is 10.1 Å². The van der Waals surface area contributed by atoms with Gasteiger partial charge in [0, 0.05) is 18.2 Å². The van der Waals surface area contributed by atoms with Gasteiger partial charge in [-0.15, -0.1) is 0 Å². The number of rotatable bonds is 6. The molecule has 0 amide bonds. The van der Waals surface area contributed by atoms with Crippen LogP contribution in [0.2, 0.25) is 5.02 Å². The zero-order valence-electron chi connectivity index (χ0n) is 10.9. The van der Waals surface area contributed by atoms with E-state index in [0.717, 1.165) is 17.9 Å². The topological polar surface area (TPSA) is 34.4 Å². The third-order valence-corrected chi connectivity index (χ3v) is 3.54. The van der Waals surface area contributed by atoms with Gasteiger partial charge in [0.25, 0.3) is 0 Å². The molecule has 0 radical (unpaired) electrons. The summed E-state index contributed by atoms with van der Waals surface area (Å²) in [6.07, 6.45) is 4.14. The molecule has 1 saturated carbocycles. The SMILES string of the molecule is Fc1ccc(OCc2occc2CNC2CC2)c(Cl)c1. The number of hydrogen-bond donors (Lipinski definition) is 1. The lowest BCUT2D eigenvalue weighted by Gasteiger charge is -2.08. The molecule has 2 aromatic rings. The van der Waals surface area contributed by atoms with E-state index in [1.54, 1.807) is 6.26 Å². The Morgan fingerprint density at radius 2 is 2.20 bits per heavy atom. The molecule has 3 nitrogen and oxygen atoms in total. The molecular weight excluding hydrogens is 281 g/mol. The monoisotopic (exact) mass is 295 g/mol. The first-order valence-corrected chi connectivity index (χ1v) is 6.96. The molecule has 1 aliphatic rings. The Bertz CT molecular complexity index is 595. The Morgan fingerprint density at radius 1 is 1.35 bits per heavy atom. The van der Waals surface area contributed by atoms with Gasteiger partial charge in [0.05, 0.1) is 11.3 Å². The van der Waals surface area contributed by atoms with E-state index >= 15 is 0 Å². The van der Waals surface area contributed by atoms with E-state index in [1.165, 1.54) is 31.0 Å². The number of benzene rings is 1. The average molecular weight is 296 g/mol. The molecule has 0 unspecified atom stereocenters. The molecule has 3 rings (SSSR count). The van der Waals surface area contributed by atoms with Crippen molar-refractivity contribution < 1.29 is 13.5 Å². The van der Waals surface area contributed by atoms with Crippen molar-refractivity contribution in [3.8, 4) is 5.75 Å². The lowest BCUT2D eigenvalue weighted by Crippen LogP contribution is -2.16. The smallest absolute Gasteiger partial charge is 0.146 e. The van der Waals surface area contributed by atoms with Crippen LogP contribution in [0.25, 0.3) is 0 Å². The van der Waals surface area contributed by atoms with Gasteiger partial charge in [-0.25, -0.2) is 4.39 Å². The second-order valence-corrected chi connectivity index (χ2v) is 5.29. The van der Waals surface area contributed by atoms with E-state index < -0.39 is 0 Å². The molecule has 0 bridgehead atoms. The Hall–Kier alpha value is -1.52. The summed E-state index contributed by atoms with van der Waals surface area (Å²) in [5, 5.41) is 3.68. The average Bonchev–Trinajstić information content (AvgIpc) is 3.14. The highest BCUT2D eigenvalue weighted by atomic mass is 35.5. The summed E-state index contributed by atoms with van der Waals surface area (Å²) in [5.74, 6) is 0.832. The van der Waals surface area contributed by atoms with Gasteiger partial charge in [0.15, 0.2) is 0 Å². The van der Waals surface area contributed by atoms with Crippen LogP contribution >= 0.6 is 11.6 Å². The largest absolute Gasteiger partial charge is 0.484 e. The molecular formula is C15H15ClFNO2. The minimum atomic E-state index is -0.380. The second-order valence-electron chi connectivity index (χ2n) is 4.89. The number of furan rings is 1. The number of halogens is 2.